The lowest BCUT2D eigenvalue weighted by atomic mass is 9.98. The Bertz CT molecular complexity index is 4890. The van der Waals surface area contributed by atoms with Crippen molar-refractivity contribution in [1.29, 1.82) is 5.26 Å². The summed E-state index contributed by atoms with van der Waals surface area (Å²) >= 11 is 12.9. The van der Waals surface area contributed by atoms with Crippen LogP contribution in [0, 0.1) is 39.0 Å². The smallest absolute Gasteiger partial charge is 0.272 e. The van der Waals surface area contributed by atoms with Crippen LogP contribution in [0.4, 0.5) is 37.2 Å². The number of anilines is 5. The standard InChI is InChI=1S/C18H18F2N2OS.C18H17N3OS.C18H20N2OS.C17H18N2OS.C16H15ClN2OS/c1-18(19,20)14-8-9-16(21-11-14)24-12-17(23)22-10-4-6-13-5-2-3-7-15(13)22;1-13-4-2-5-15-6-3-9-21(18(13)15)17(22)12-23-16-8-7-14(10-19)11-20-16;1-13-8-9-16(19-11-13)22-12-17(21)20-10-4-7-15-6-3-5-14(2)18(15)20;1-13-6-4-7-14-8-5-11-19(17(13)14)16(20)12-21-15-9-2-3-10-18-15;17-13-7-8-15(18-10-13)21-11-16(20)19-9-3-5-12-4-1-2-6-14(12)19/h2-3,5,7-9,11H,4,6,10,12H2,1H3;2,4-5,7-8,11H,3,6,9,12H2,1H3;3,5-6,8-9,11H,4,7,10,12H2,1-2H3;2-4,6-7,9-10H,5,8,11-12H2,1H3;1-2,4,6-8,10H,3,5,9,11H2. The van der Waals surface area contributed by atoms with E-state index in [2.05, 4.69) is 106 Å². The van der Waals surface area contributed by atoms with Crippen molar-refractivity contribution >= 4 is 128 Å². The van der Waals surface area contributed by atoms with Crippen molar-refractivity contribution in [2.45, 2.75) is 130 Å². The topological polar surface area (TPSA) is 190 Å². The van der Waals surface area contributed by atoms with Crippen LogP contribution < -0.4 is 24.5 Å². The van der Waals surface area contributed by atoms with Gasteiger partial charge < -0.3 is 24.5 Å². The van der Waals surface area contributed by atoms with Gasteiger partial charge in [-0.1, -0.05) is 174 Å². The highest BCUT2D eigenvalue weighted by atomic mass is 35.5. The number of nitriles is 1. The molecule has 16 nitrogen and oxygen atoms in total. The Morgan fingerprint density at radius 1 is 0.396 bits per heavy atom. The Morgan fingerprint density at radius 3 is 1.11 bits per heavy atom. The van der Waals surface area contributed by atoms with Gasteiger partial charge in [-0.05, 0) is 209 Å². The zero-order chi connectivity index (χ0) is 78.2. The molecule has 0 saturated heterocycles. The van der Waals surface area contributed by atoms with E-state index in [1.54, 1.807) is 35.5 Å². The molecule has 5 aliphatic heterocycles. The van der Waals surface area contributed by atoms with Crippen molar-refractivity contribution in [3.8, 4) is 6.07 Å². The Balaban J connectivity index is 0.000000138. The highest BCUT2D eigenvalue weighted by Crippen LogP contribution is 2.37. The predicted molar refractivity (Wildman–Crippen MR) is 449 cm³/mol. The third kappa shape index (κ3) is 23.1. The van der Waals surface area contributed by atoms with Crippen LogP contribution in [-0.4, -0.2) is 116 Å². The van der Waals surface area contributed by atoms with Gasteiger partial charge in [0.05, 0.1) is 64.5 Å². The third-order valence-electron chi connectivity index (χ3n) is 19.0. The van der Waals surface area contributed by atoms with Gasteiger partial charge in [0.25, 0.3) is 5.92 Å². The van der Waals surface area contributed by atoms with Gasteiger partial charge in [-0.25, -0.2) is 33.7 Å². The van der Waals surface area contributed by atoms with Crippen LogP contribution >= 0.6 is 70.4 Å². The quantitative estimate of drug-likeness (QED) is 0.0830. The van der Waals surface area contributed by atoms with E-state index in [0.29, 0.717) is 45.2 Å². The number of carbonyl (C=O) groups excluding carboxylic acids is 5. The molecule has 572 valence electrons. The second kappa shape index (κ2) is 40.7. The molecule has 0 aliphatic carbocycles. The minimum atomic E-state index is -2.90. The summed E-state index contributed by atoms with van der Waals surface area (Å²) in [4.78, 5) is 93.3. The summed E-state index contributed by atoms with van der Waals surface area (Å²) in [7, 11) is 0. The summed E-state index contributed by atoms with van der Waals surface area (Å²) < 4.78 is 26.4. The van der Waals surface area contributed by atoms with Gasteiger partial charge >= 0.3 is 0 Å². The number of fused-ring (bicyclic) bond motifs is 5. The molecule has 5 aliphatic rings. The van der Waals surface area contributed by atoms with Gasteiger partial charge in [-0.15, -0.1) is 0 Å². The fourth-order valence-electron chi connectivity index (χ4n) is 13.6. The van der Waals surface area contributed by atoms with E-state index in [0.717, 1.165) is 157 Å². The fourth-order valence-corrected chi connectivity index (χ4v) is 17.3. The molecule has 10 heterocycles. The number of para-hydroxylation sites is 5. The van der Waals surface area contributed by atoms with Crippen molar-refractivity contribution < 1.29 is 32.8 Å². The number of nitrogens with zero attached hydrogens (tertiary/aromatic N) is 11. The van der Waals surface area contributed by atoms with Crippen molar-refractivity contribution in [1.82, 2.24) is 24.9 Å². The van der Waals surface area contributed by atoms with Gasteiger partial charge in [0.1, 0.15) is 6.07 Å². The van der Waals surface area contributed by atoms with Crippen LogP contribution in [0.1, 0.15) is 100 Å². The molecule has 5 aromatic heterocycles. The molecule has 10 aromatic rings. The molecule has 0 N–H and O–H groups in total. The number of aryl methyl sites for hydroxylation is 9. The molecule has 5 amide bonds. The maximum Gasteiger partial charge on any atom is 0.272 e. The average molecular weight is 1600 g/mol. The van der Waals surface area contributed by atoms with E-state index in [1.165, 1.54) is 122 Å². The summed E-state index contributed by atoms with van der Waals surface area (Å²) in [5.74, 6) is -0.459. The van der Waals surface area contributed by atoms with Gasteiger partial charge in [0.2, 0.25) is 29.5 Å². The molecular weight excluding hydrogens is 1510 g/mol. The first-order valence-corrected chi connectivity index (χ1v) is 42.3. The maximum absolute atomic E-state index is 13.2. The van der Waals surface area contributed by atoms with Crippen LogP contribution in [0.15, 0.2) is 226 Å². The molecule has 0 fully saturated rings. The van der Waals surface area contributed by atoms with Gasteiger partial charge in [-0.3, -0.25) is 24.0 Å². The van der Waals surface area contributed by atoms with Gasteiger partial charge in [0, 0.05) is 105 Å². The minimum absolute atomic E-state index is 0.0128. The number of alkyl halides is 2. The Kier molecular flexibility index (Phi) is 30.3. The Hall–Kier alpha value is -9.41. The van der Waals surface area contributed by atoms with Crippen LogP contribution in [0.5, 0.6) is 0 Å². The molecule has 0 radical (unpaired) electrons. The second-order valence-electron chi connectivity index (χ2n) is 27.1. The lowest BCUT2D eigenvalue weighted by Gasteiger charge is -2.31. The lowest BCUT2D eigenvalue weighted by molar-refractivity contribution is -0.117. The highest BCUT2D eigenvalue weighted by molar-refractivity contribution is 8.00. The van der Waals surface area contributed by atoms with Crippen LogP contribution in [-0.2, 0) is 62.0 Å². The van der Waals surface area contributed by atoms with E-state index in [1.807, 2.05) is 118 Å². The first-order valence-electron chi connectivity index (χ1n) is 37.0. The number of carbonyl (C=O) groups is 5. The average Bonchev–Trinajstić information content (AvgIpc) is 0.819. The number of hydrogen-bond acceptors (Lipinski definition) is 16. The minimum Gasteiger partial charge on any atom is -0.311 e. The van der Waals surface area contributed by atoms with Crippen molar-refractivity contribution in [3.05, 3.63) is 267 Å². The molecule has 15 rings (SSSR count). The predicted octanol–water partition coefficient (Wildman–Crippen LogP) is 18.6. The number of aromatic nitrogens is 5. The van der Waals surface area contributed by atoms with E-state index < -0.39 is 5.92 Å². The molecule has 0 saturated carbocycles. The second-order valence-corrected chi connectivity index (χ2v) is 32.5. The molecule has 0 spiro atoms. The molecule has 5 aromatic carbocycles. The molecule has 24 heteroatoms. The lowest BCUT2D eigenvalue weighted by Crippen LogP contribution is -2.37. The summed E-state index contributed by atoms with van der Waals surface area (Å²) in [6.07, 6.45) is 18.1. The number of amides is 5. The van der Waals surface area contributed by atoms with Crippen LogP contribution in [0.3, 0.4) is 0 Å². The normalized spacial score (nSPS) is 13.8. The van der Waals surface area contributed by atoms with Crippen molar-refractivity contribution in [2.24, 2.45) is 0 Å². The maximum atomic E-state index is 13.2. The largest absolute Gasteiger partial charge is 0.311 e. The van der Waals surface area contributed by atoms with E-state index in [-0.39, 0.29) is 40.9 Å². The number of benzene rings is 5. The highest BCUT2D eigenvalue weighted by Gasteiger charge is 2.30. The van der Waals surface area contributed by atoms with Crippen molar-refractivity contribution in [2.75, 3.05) is 86.0 Å². The molecule has 0 unspecified atom stereocenters. The van der Waals surface area contributed by atoms with Gasteiger partial charge in [0.15, 0.2) is 0 Å². The van der Waals surface area contributed by atoms with Crippen molar-refractivity contribution in [3.63, 3.8) is 0 Å². The third-order valence-corrected chi connectivity index (χ3v) is 23.9. The number of rotatable bonds is 16. The van der Waals surface area contributed by atoms with E-state index in [9.17, 15) is 32.8 Å². The molecule has 0 atom stereocenters. The first-order chi connectivity index (χ1) is 53.8. The zero-order valence-electron chi connectivity index (χ0n) is 62.8. The van der Waals surface area contributed by atoms with Crippen LogP contribution in [0.25, 0.3) is 0 Å². The van der Waals surface area contributed by atoms with Crippen LogP contribution in [0.2, 0.25) is 5.02 Å². The fraction of sp³-hybridized carbons (Fsp3) is 0.299. The number of hydrogen-bond donors (Lipinski definition) is 0. The summed E-state index contributed by atoms with van der Waals surface area (Å²) in [5, 5.41) is 13.3. The molecule has 0 bridgehead atoms. The zero-order valence-corrected chi connectivity index (χ0v) is 67.7. The van der Waals surface area contributed by atoms with Gasteiger partial charge in [-0.2, -0.15) is 5.26 Å². The Morgan fingerprint density at radius 2 is 0.748 bits per heavy atom. The summed E-state index contributed by atoms with van der Waals surface area (Å²) in [6.45, 7) is 13.0. The SMILES string of the molecule is CC(F)(F)c1ccc(SCC(=O)N2CCCc3ccccc32)nc1.Cc1ccc(SCC(=O)N2CCCc3cccc(C)c32)nc1.Cc1cccc2c1N(C(=O)CSc1ccc(C#N)cn1)CCC2.Cc1cccc2c1N(C(=O)CSc1ccccn1)CCC2.O=C(CSc1ccc(Cl)cn1)N1CCCc2ccccc21. The number of pyridine rings is 5. The summed E-state index contributed by atoms with van der Waals surface area (Å²) in [5.41, 5.74) is 16.7. The molecule has 111 heavy (non-hydrogen) atoms. The summed E-state index contributed by atoms with van der Waals surface area (Å²) in [6, 6.07) is 56.7. The monoisotopic (exact) mass is 1600 g/mol. The van der Waals surface area contributed by atoms with E-state index in [4.69, 9.17) is 16.9 Å². The Labute approximate surface area is 675 Å². The number of halogens is 3. The first kappa shape index (κ1) is 82.5. The van der Waals surface area contributed by atoms with E-state index >= 15 is 0 Å². The number of thioether (sulfide) groups is 5. The molecular formula is C87H88ClF2N11O5S5.